The van der Waals surface area contributed by atoms with E-state index in [9.17, 15) is 5.21 Å². The molecule has 1 aromatic carbocycles. The predicted octanol–water partition coefficient (Wildman–Crippen LogP) is 3.03. The molecule has 0 fully saturated rings. The molecule has 0 radical (unpaired) electrons. The van der Waals surface area contributed by atoms with Crippen molar-refractivity contribution in [2.45, 2.75) is 0 Å². The number of benzene rings is 1. The number of hydrogen-bond acceptors (Lipinski definition) is 3. The number of thiazole rings is 1. The molecule has 0 amide bonds. The number of aromatic nitrogens is 1. The highest BCUT2D eigenvalue weighted by atomic mass is 32.1. The number of nitrogens with zero attached hydrogens (tertiary/aromatic N) is 2. The lowest BCUT2D eigenvalue weighted by Gasteiger charge is -2.02. The van der Waals surface area contributed by atoms with Crippen LogP contribution in [0.25, 0.3) is 16.1 Å². The van der Waals surface area contributed by atoms with Crippen molar-refractivity contribution in [1.82, 2.24) is 4.98 Å². The van der Waals surface area contributed by atoms with Gasteiger partial charge in [-0.05, 0) is 5.56 Å². The first-order chi connectivity index (χ1) is 8.16. The molecule has 86 valence electrons. The van der Waals surface area contributed by atoms with E-state index in [0.717, 1.165) is 20.9 Å². The summed E-state index contributed by atoms with van der Waals surface area (Å²) in [6, 6.07) is 7.86. The fourth-order valence-electron chi connectivity index (χ4n) is 1.49. The molecule has 0 bridgehead atoms. The third kappa shape index (κ3) is 2.79. The third-order valence-corrected chi connectivity index (χ3v) is 3.09. The standard InChI is InChI=1S/C13H12N2OS/c1-10(9-15(2)16)11-3-5-12(6-4-11)13-14-7-8-17-13/h3-9H,1H2,2H3. The summed E-state index contributed by atoms with van der Waals surface area (Å²) in [5.41, 5.74) is 2.72. The Hall–Kier alpha value is -1.94. The third-order valence-electron chi connectivity index (χ3n) is 2.27. The van der Waals surface area contributed by atoms with Crippen LogP contribution in [-0.4, -0.2) is 23.0 Å². The Bertz CT molecular complexity index is 537. The van der Waals surface area contributed by atoms with E-state index in [2.05, 4.69) is 11.6 Å². The van der Waals surface area contributed by atoms with Crippen molar-refractivity contribution in [2.24, 2.45) is 0 Å². The van der Waals surface area contributed by atoms with Gasteiger partial charge in [0.05, 0.1) is 0 Å². The Labute approximate surface area is 104 Å². The van der Waals surface area contributed by atoms with E-state index >= 15 is 0 Å². The second-order valence-corrected chi connectivity index (χ2v) is 4.51. The summed E-state index contributed by atoms with van der Waals surface area (Å²) < 4.78 is 0.747. The van der Waals surface area contributed by atoms with Gasteiger partial charge in [0.2, 0.25) is 0 Å². The fraction of sp³-hybridized carbons (Fsp3) is 0.0769. The minimum atomic E-state index is 0.702. The molecule has 1 heterocycles. The van der Waals surface area contributed by atoms with E-state index in [0.29, 0.717) is 5.57 Å². The van der Waals surface area contributed by atoms with Crippen LogP contribution in [0.1, 0.15) is 5.56 Å². The zero-order chi connectivity index (χ0) is 12.3. The largest absolute Gasteiger partial charge is 0.624 e. The van der Waals surface area contributed by atoms with Crippen LogP contribution in [-0.2, 0) is 0 Å². The van der Waals surface area contributed by atoms with Gasteiger partial charge in [0.25, 0.3) is 0 Å². The van der Waals surface area contributed by atoms with Gasteiger partial charge in [0.1, 0.15) is 12.1 Å². The molecule has 0 N–H and O–H groups in total. The second kappa shape index (κ2) is 4.93. The van der Waals surface area contributed by atoms with Crippen LogP contribution in [0.5, 0.6) is 0 Å². The topological polar surface area (TPSA) is 39.0 Å². The van der Waals surface area contributed by atoms with Gasteiger partial charge in [-0.15, -0.1) is 11.3 Å². The molecular weight excluding hydrogens is 232 g/mol. The molecule has 0 aliphatic heterocycles. The quantitative estimate of drug-likeness (QED) is 0.360. The molecule has 0 aliphatic rings. The van der Waals surface area contributed by atoms with Crippen molar-refractivity contribution in [2.75, 3.05) is 7.05 Å². The number of rotatable bonds is 3. The van der Waals surface area contributed by atoms with Crippen molar-refractivity contribution in [3.63, 3.8) is 0 Å². The molecule has 0 atom stereocenters. The molecule has 0 unspecified atom stereocenters. The molecule has 2 rings (SSSR count). The normalized spacial score (nSPS) is 11.5. The molecule has 4 heteroatoms. The average molecular weight is 244 g/mol. The molecule has 2 aromatic rings. The van der Waals surface area contributed by atoms with Crippen molar-refractivity contribution >= 4 is 23.1 Å². The summed E-state index contributed by atoms with van der Waals surface area (Å²) in [6.07, 6.45) is 3.24. The maximum atomic E-state index is 10.9. The zero-order valence-corrected chi connectivity index (χ0v) is 10.3. The summed E-state index contributed by atoms with van der Waals surface area (Å²) in [6.45, 7) is 3.85. The highest BCUT2D eigenvalue weighted by molar-refractivity contribution is 7.13. The predicted molar refractivity (Wildman–Crippen MR) is 72.2 cm³/mol. The summed E-state index contributed by atoms with van der Waals surface area (Å²) in [7, 11) is 1.44. The lowest BCUT2D eigenvalue weighted by molar-refractivity contribution is -0.416. The molecule has 17 heavy (non-hydrogen) atoms. The van der Waals surface area contributed by atoms with Gasteiger partial charge in [-0.25, -0.2) is 9.72 Å². The Morgan fingerprint density at radius 2 is 2.12 bits per heavy atom. The number of hydroxylamine groups is 1. The first-order valence-corrected chi connectivity index (χ1v) is 5.99. The molecule has 0 saturated carbocycles. The average Bonchev–Trinajstić information content (AvgIpc) is 2.82. The SMILES string of the molecule is C=C(C=[N+](C)[O-])c1ccc(-c2nccs2)cc1. The number of hydrogen-bond donors (Lipinski definition) is 0. The van der Waals surface area contributed by atoms with Crippen LogP contribution in [0.3, 0.4) is 0 Å². The van der Waals surface area contributed by atoms with E-state index in [1.165, 1.54) is 13.3 Å². The summed E-state index contributed by atoms with van der Waals surface area (Å²) in [5, 5.41) is 13.8. The monoisotopic (exact) mass is 244 g/mol. The van der Waals surface area contributed by atoms with Gasteiger partial charge in [-0.2, -0.15) is 0 Å². The van der Waals surface area contributed by atoms with Crippen LogP contribution in [0.4, 0.5) is 0 Å². The van der Waals surface area contributed by atoms with Gasteiger partial charge in [0.15, 0.2) is 6.21 Å². The van der Waals surface area contributed by atoms with Gasteiger partial charge in [0, 0.05) is 22.7 Å². The van der Waals surface area contributed by atoms with Gasteiger partial charge >= 0.3 is 0 Å². The first kappa shape index (κ1) is 11.5. The second-order valence-electron chi connectivity index (χ2n) is 3.62. The Morgan fingerprint density at radius 3 is 2.65 bits per heavy atom. The van der Waals surface area contributed by atoms with Crippen molar-refractivity contribution in [3.8, 4) is 10.6 Å². The van der Waals surface area contributed by atoms with Crippen molar-refractivity contribution in [3.05, 3.63) is 53.2 Å². The van der Waals surface area contributed by atoms with E-state index < -0.39 is 0 Å². The zero-order valence-electron chi connectivity index (χ0n) is 9.46. The van der Waals surface area contributed by atoms with Gasteiger partial charge in [-0.1, -0.05) is 30.8 Å². The van der Waals surface area contributed by atoms with Crippen molar-refractivity contribution < 1.29 is 4.74 Å². The van der Waals surface area contributed by atoms with Crippen molar-refractivity contribution in [1.29, 1.82) is 0 Å². The minimum absolute atomic E-state index is 0.702. The lowest BCUT2D eigenvalue weighted by Crippen LogP contribution is -1.97. The maximum absolute atomic E-state index is 10.9. The Morgan fingerprint density at radius 1 is 1.41 bits per heavy atom. The molecule has 3 nitrogen and oxygen atoms in total. The molecule has 0 aliphatic carbocycles. The van der Waals surface area contributed by atoms with E-state index in [1.807, 2.05) is 29.6 Å². The van der Waals surface area contributed by atoms with Crippen LogP contribution in [0, 0.1) is 5.21 Å². The van der Waals surface area contributed by atoms with Gasteiger partial charge < -0.3 is 5.21 Å². The summed E-state index contributed by atoms with van der Waals surface area (Å²) in [5.74, 6) is 0. The van der Waals surface area contributed by atoms with Crippen LogP contribution >= 0.6 is 11.3 Å². The van der Waals surface area contributed by atoms with E-state index in [1.54, 1.807) is 17.5 Å². The molecule has 0 saturated heterocycles. The Kier molecular flexibility index (Phi) is 3.35. The van der Waals surface area contributed by atoms with Crippen LogP contribution in [0.15, 0.2) is 42.4 Å². The van der Waals surface area contributed by atoms with E-state index in [-0.39, 0.29) is 0 Å². The first-order valence-electron chi connectivity index (χ1n) is 5.11. The van der Waals surface area contributed by atoms with E-state index in [4.69, 9.17) is 0 Å². The summed E-state index contributed by atoms with van der Waals surface area (Å²) in [4.78, 5) is 4.24. The maximum Gasteiger partial charge on any atom is 0.181 e. The smallest absolute Gasteiger partial charge is 0.181 e. The molecule has 1 aromatic heterocycles. The molecular formula is C13H12N2OS. The minimum Gasteiger partial charge on any atom is -0.624 e. The van der Waals surface area contributed by atoms with Crippen LogP contribution < -0.4 is 0 Å². The highest BCUT2D eigenvalue weighted by Gasteiger charge is 2.02. The fourth-order valence-corrected chi connectivity index (χ4v) is 2.13. The van der Waals surface area contributed by atoms with Gasteiger partial charge in [-0.3, -0.25) is 0 Å². The van der Waals surface area contributed by atoms with Crippen LogP contribution in [0.2, 0.25) is 0 Å². The summed E-state index contributed by atoms with van der Waals surface area (Å²) >= 11 is 1.60. The Balaban J connectivity index is 2.25. The highest BCUT2D eigenvalue weighted by Crippen LogP contribution is 2.23. The lowest BCUT2D eigenvalue weighted by atomic mass is 10.1. The molecule has 0 spiro atoms. The number of allylic oxidation sites excluding steroid dienone is 1.